The topological polar surface area (TPSA) is 29.3 Å². The van der Waals surface area contributed by atoms with Crippen LogP contribution in [0.3, 0.4) is 0 Å². The summed E-state index contributed by atoms with van der Waals surface area (Å²) in [5, 5.41) is 0. The number of hydrogen-bond acceptors (Lipinski definition) is 2. The molecule has 0 aliphatic heterocycles. The molecule has 0 amide bonds. The van der Waals surface area contributed by atoms with Crippen molar-refractivity contribution >= 4 is 0 Å². The average Bonchev–Trinajstić information content (AvgIpc) is 2.01. The third kappa shape index (κ3) is 6.38. The molecule has 2 nitrogen and oxygen atoms in total. The highest BCUT2D eigenvalue weighted by Crippen LogP contribution is 1.96. The summed E-state index contributed by atoms with van der Waals surface area (Å²) in [5.41, 5.74) is 5.68. The van der Waals surface area contributed by atoms with Crippen molar-refractivity contribution in [2.24, 2.45) is 5.73 Å². The molecule has 0 aliphatic rings. The van der Waals surface area contributed by atoms with Gasteiger partial charge in [-0.05, 0) is 32.9 Å². The van der Waals surface area contributed by atoms with Gasteiger partial charge in [0.1, 0.15) is 0 Å². The Morgan fingerprint density at radius 1 is 1.50 bits per heavy atom. The van der Waals surface area contributed by atoms with Crippen LogP contribution >= 0.6 is 0 Å². The fraction of sp³-hybridized carbons (Fsp3) is 0.800. The van der Waals surface area contributed by atoms with E-state index in [1.165, 1.54) is 6.42 Å². The predicted octanol–water partition coefficient (Wildman–Crippen LogP) is 1.62. The zero-order chi connectivity index (χ0) is 9.40. The zero-order valence-electron chi connectivity index (χ0n) is 8.42. The first kappa shape index (κ1) is 11.7. The van der Waals surface area contributed by atoms with Crippen LogP contribution in [0.4, 0.5) is 0 Å². The van der Waals surface area contributed by atoms with Gasteiger partial charge < -0.3 is 5.73 Å². The lowest BCUT2D eigenvalue weighted by atomic mass is 10.2. The molecule has 0 aliphatic carbocycles. The van der Waals surface area contributed by atoms with Gasteiger partial charge in [-0.1, -0.05) is 13.0 Å². The Morgan fingerprint density at radius 3 is 2.58 bits per heavy atom. The summed E-state index contributed by atoms with van der Waals surface area (Å²) < 4.78 is 0. The molecule has 0 rings (SSSR count). The zero-order valence-corrected chi connectivity index (χ0v) is 8.42. The SMILES string of the molecule is C=CCN(CCC)CCC(C)N. The van der Waals surface area contributed by atoms with Gasteiger partial charge in [-0.15, -0.1) is 6.58 Å². The van der Waals surface area contributed by atoms with E-state index in [2.05, 4.69) is 25.3 Å². The van der Waals surface area contributed by atoms with Crippen LogP contribution < -0.4 is 5.73 Å². The third-order valence-corrected chi connectivity index (χ3v) is 1.83. The first-order valence-electron chi connectivity index (χ1n) is 4.79. The van der Waals surface area contributed by atoms with Gasteiger partial charge in [0.15, 0.2) is 0 Å². The lowest BCUT2D eigenvalue weighted by Gasteiger charge is -2.20. The van der Waals surface area contributed by atoms with Crippen molar-refractivity contribution in [3.05, 3.63) is 12.7 Å². The second-order valence-corrected chi connectivity index (χ2v) is 3.36. The Balaban J connectivity index is 3.54. The normalized spacial score (nSPS) is 13.3. The quantitative estimate of drug-likeness (QED) is 0.588. The summed E-state index contributed by atoms with van der Waals surface area (Å²) in [7, 11) is 0. The number of nitrogens with zero attached hydrogens (tertiary/aromatic N) is 1. The van der Waals surface area contributed by atoms with Crippen LogP contribution in [-0.2, 0) is 0 Å². The van der Waals surface area contributed by atoms with Gasteiger partial charge in [-0.2, -0.15) is 0 Å². The summed E-state index contributed by atoms with van der Waals surface area (Å²) in [6.07, 6.45) is 4.23. The lowest BCUT2D eigenvalue weighted by molar-refractivity contribution is 0.292. The maximum atomic E-state index is 5.68. The van der Waals surface area contributed by atoms with Crippen LogP contribution in [-0.4, -0.2) is 30.6 Å². The van der Waals surface area contributed by atoms with Gasteiger partial charge in [0.25, 0.3) is 0 Å². The van der Waals surface area contributed by atoms with Gasteiger partial charge in [0.2, 0.25) is 0 Å². The van der Waals surface area contributed by atoms with Crippen molar-refractivity contribution < 1.29 is 0 Å². The highest BCUT2D eigenvalue weighted by molar-refractivity contribution is 4.73. The molecular formula is C10H22N2. The van der Waals surface area contributed by atoms with Crippen molar-refractivity contribution in [2.45, 2.75) is 32.7 Å². The van der Waals surface area contributed by atoms with E-state index in [9.17, 15) is 0 Å². The first-order chi connectivity index (χ1) is 5.70. The predicted molar refractivity (Wildman–Crippen MR) is 55.2 cm³/mol. The van der Waals surface area contributed by atoms with Crippen LogP contribution in [0, 0.1) is 0 Å². The maximum Gasteiger partial charge on any atom is 0.0160 e. The average molecular weight is 170 g/mol. The van der Waals surface area contributed by atoms with E-state index in [1.54, 1.807) is 0 Å². The van der Waals surface area contributed by atoms with Crippen molar-refractivity contribution in [2.75, 3.05) is 19.6 Å². The molecule has 1 atom stereocenters. The molecule has 12 heavy (non-hydrogen) atoms. The molecule has 0 radical (unpaired) electrons. The molecule has 0 fully saturated rings. The van der Waals surface area contributed by atoms with E-state index in [0.717, 1.165) is 26.1 Å². The first-order valence-corrected chi connectivity index (χ1v) is 4.79. The second-order valence-electron chi connectivity index (χ2n) is 3.36. The van der Waals surface area contributed by atoms with Crippen LogP contribution in [0.5, 0.6) is 0 Å². The minimum Gasteiger partial charge on any atom is -0.328 e. The van der Waals surface area contributed by atoms with Gasteiger partial charge >= 0.3 is 0 Å². The smallest absolute Gasteiger partial charge is 0.0160 e. The van der Waals surface area contributed by atoms with E-state index in [4.69, 9.17) is 5.73 Å². The van der Waals surface area contributed by atoms with Crippen LogP contribution in [0.25, 0.3) is 0 Å². The van der Waals surface area contributed by atoms with Crippen molar-refractivity contribution in [3.63, 3.8) is 0 Å². The molecule has 72 valence electrons. The molecule has 0 aromatic heterocycles. The summed E-state index contributed by atoms with van der Waals surface area (Å²) >= 11 is 0. The van der Waals surface area contributed by atoms with Crippen molar-refractivity contribution in [1.29, 1.82) is 0 Å². The molecule has 0 spiro atoms. The standard InChI is InChI=1S/C10H22N2/c1-4-7-12(8-5-2)9-6-10(3)11/h4,10H,1,5-9,11H2,2-3H3. The highest BCUT2D eigenvalue weighted by Gasteiger charge is 2.02. The number of hydrogen-bond donors (Lipinski definition) is 1. The van der Waals surface area contributed by atoms with Crippen molar-refractivity contribution in [3.8, 4) is 0 Å². The third-order valence-electron chi connectivity index (χ3n) is 1.83. The van der Waals surface area contributed by atoms with Crippen LogP contribution in [0.1, 0.15) is 26.7 Å². The Hall–Kier alpha value is -0.340. The van der Waals surface area contributed by atoms with Crippen LogP contribution in [0.15, 0.2) is 12.7 Å². The van der Waals surface area contributed by atoms with Gasteiger partial charge in [-0.25, -0.2) is 0 Å². The van der Waals surface area contributed by atoms with E-state index >= 15 is 0 Å². The summed E-state index contributed by atoms with van der Waals surface area (Å²) in [5.74, 6) is 0. The minimum atomic E-state index is 0.314. The second kappa shape index (κ2) is 7.32. The monoisotopic (exact) mass is 170 g/mol. The van der Waals surface area contributed by atoms with Crippen molar-refractivity contribution in [1.82, 2.24) is 4.90 Å². The summed E-state index contributed by atoms with van der Waals surface area (Å²) in [6.45, 7) is 11.2. The molecule has 0 saturated carbocycles. The fourth-order valence-corrected chi connectivity index (χ4v) is 1.18. The highest BCUT2D eigenvalue weighted by atomic mass is 15.1. The molecule has 2 heteroatoms. The molecule has 1 unspecified atom stereocenters. The number of rotatable bonds is 7. The molecule has 0 bridgehead atoms. The fourth-order valence-electron chi connectivity index (χ4n) is 1.18. The molecule has 0 aromatic rings. The summed E-state index contributed by atoms with van der Waals surface area (Å²) in [6, 6.07) is 0.314. The van der Waals surface area contributed by atoms with Gasteiger partial charge in [-0.3, -0.25) is 4.90 Å². The molecule has 0 heterocycles. The van der Waals surface area contributed by atoms with Crippen LogP contribution in [0.2, 0.25) is 0 Å². The van der Waals surface area contributed by atoms with E-state index in [-0.39, 0.29) is 0 Å². The van der Waals surface area contributed by atoms with Gasteiger partial charge in [0, 0.05) is 12.6 Å². The Bertz CT molecular complexity index is 110. The lowest BCUT2D eigenvalue weighted by Crippen LogP contribution is -2.30. The molecular weight excluding hydrogens is 148 g/mol. The van der Waals surface area contributed by atoms with Gasteiger partial charge in [0.05, 0.1) is 0 Å². The van der Waals surface area contributed by atoms with E-state index in [0.29, 0.717) is 6.04 Å². The number of nitrogens with two attached hydrogens (primary N) is 1. The Morgan fingerprint density at radius 2 is 2.17 bits per heavy atom. The molecule has 2 N–H and O–H groups in total. The summed E-state index contributed by atoms with van der Waals surface area (Å²) in [4.78, 5) is 2.39. The maximum absolute atomic E-state index is 5.68. The largest absolute Gasteiger partial charge is 0.328 e. The van der Waals surface area contributed by atoms with E-state index < -0.39 is 0 Å². The van der Waals surface area contributed by atoms with E-state index in [1.807, 2.05) is 6.08 Å². The Labute approximate surface area is 76.4 Å². The Kier molecular flexibility index (Phi) is 7.11. The molecule has 0 saturated heterocycles. The minimum absolute atomic E-state index is 0.314. The molecule has 0 aromatic carbocycles.